The molecule has 5 heteroatoms. The third-order valence-corrected chi connectivity index (χ3v) is 2.39. The number of hydrogen-bond donors (Lipinski definition) is 1. The van der Waals surface area contributed by atoms with Gasteiger partial charge in [-0.2, -0.15) is 5.10 Å². The molecule has 1 aromatic heterocycles. The maximum Gasteiger partial charge on any atom is 0.277 e. The van der Waals surface area contributed by atoms with Crippen LogP contribution in [-0.2, 0) is 0 Å². The molecule has 0 atom stereocenters. The number of nitrogens with zero attached hydrogens (tertiary/aromatic N) is 2. The minimum atomic E-state index is -0.644. The van der Waals surface area contributed by atoms with Gasteiger partial charge in [-0.05, 0) is 26.0 Å². The van der Waals surface area contributed by atoms with Gasteiger partial charge in [-0.15, -0.1) is 0 Å². The lowest BCUT2D eigenvalue weighted by atomic mass is 10.1. The summed E-state index contributed by atoms with van der Waals surface area (Å²) in [7, 11) is 0. The first-order valence-corrected chi connectivity index (χ1v) is 4.91. The summed E-state index contributed by atoms with van der Waals surface area (Å²) >= 11 is 0. The SMILES string of the molecule is CC(C)n1ncc2c(O)ccc(F)c2c1=O. The number of fused-ring (bicyclic) bond motifs is 1. The largest absolute Gasteiger partial charge is 0.507 e. The Balaban J connectivity index is 2.95. The Morgan fingerprint density at radius 2 is 2.12 bits per heavy atom. The summed E-state index contributed by atoms with van der Waals surface area (Å²) in [6, 6.07) is 2.13. The first-order chi connectivity index (χ1) is 7.52. The molecule has 16 heavy (non-hydrogen) atoms. The van der Waals surface area contributed by atoms with Crippen LogP contribution in [-0.4, -0.2) is 14.9 Å². The fourth-order valence-electron chi connectivity index (χ4n) is 1.58. The highest BCUT2D eigenvalue weighted by Crippen LogP contribution is 2.23. The van der Waals surface area contributed by atoms with Crippen LogP contribution in [0.5, 0.6) is 5.75 Å². The van der Waals surface area contributed by atoms with Gasteiger partial charge in [0.25, 0.3) is 5.56 Å². The monoisotopic (exact) mass is 222 g/mol. The second-order valence-corrected chi connectivity index (χ2v) is 3.84. The average molecular weight is 222 g/mol. The lowest BCUT2D eigenvalue weighted by molar-refractivity contribution is 0.476. The van der Waals surface area contributed by atoms with E-state index in [2.05, 4.69) is 5.10 Å². The topological polar surface area (TPSA) is 55.1 Å². The Hall–Kier alpha value is -1.91. The molecule has 0 radical (unpaired) electrons. The van der Waals surface area contributed by atoms with Gasteiger partial charge in [0.1, 0.15) is 11.6 Å². The van der Waals surface area contributed by atoms with Crippen molar-refractivity contribution in [1.82, 2.24) is 9.78 Å². The predicted octanol–water partition coefficient (Wildman–Crippen LogP) is 1.82. The van der Waals surface area contributed by atoms with Gasteiger partial charge in [-0.3, -0.25) is 4.79 Å². The number of halogens is 1. The minimum Gasteiger partial charge on any atom is -0.507 e. The van der Waals surface area contributed by atoms with E-state index in [4.69, 9.17) is 0 Å². The summed E-state index contributed by atoms with van der Waals surface area (Å²) in [5.74, 6) is -0.786. The van der Waals surface area contributed by atoms with Crippen LogP contribution in [0.3, 0.4) is 0 Å². The van der Waals surface area contributed by atoms with Crippen molar-refractivity contribution in [3.05, 3.63) is 34.5 Å². The van der Waals surface area contributed by atoms with Crippen LogP contribution in [0.2, 0.25) is 0 Å². The second kappa shape index (κ2) is 3.59. The molecule has 1 aromatic carbocycles. The van der Waals surface area contributed by atoms with E-state index in [1.807, 2.05) is 0 Å². The van der Waals surface area contributed by atoms with E-state index in [0.717, 1.165) is 6.07 Å². The Labute approximate surface area is 90.9 Å². The average Bonchev–Trinajstić information content (AvgIpc) is 2.23. The van der Waals surface area contributed by atoms with Gasteiger partial charge in [0, 0.05) is 0 Å². The standard InChI is InChI=1S/C11H11FN2O2/c1-6(2)14-11(16)10-7(5-13-14)9(15)4-3-8(10)12/h3-6,15H,1-2H3. The fourth-order valence-corrected chi connectivity index (χ4v) is 1.58. The van der Waals surface area contributed by atoms with Gasteiger partial charge in [-0.25, -0.2) is 9.07 Å². The molecule has 0 bridgehead atoms. The lowest BCUT2D eigenvalue weighted by Gasteiger charge is -2.09. The zero-order valence-electron chi connectivity index (χ0n) is 8.94. The number of benzene rings is 1. The molecule has 1 N–H and O–H groups in total. The van der Waals surface area contributed by atoms with E-state index in [1.165, 1.54) is 16.9 Å². The molecule has 0 saturated heterocycles. The highest BCUT2D eigenvalue weighted by molar-refractivity contribution is 5.86. The van der Waals surface area contributed by atoms with E-state index in [-0.39, 0.29) is 22.6 Å². The van der Waals surface area contributed by atoms with Crippen molar-refractivity contribution in [1.29, 1.82) is 0 Å². The summed E-state index contributed by atoms with van der Waals surface area (Å²) in [6.07, 6.45) is 1.30. The van der Waals surface area contributed by atoms with E-state index in [1.54, 1.807) is 13.8 Å². The van der Waals surface area contributed by atoms with Crippen molar-refractivity contribution in [3.63, 3.8) is 0 Å². The second-order valence-electron chi connectivity index (χ2n) is 3.84. The molecule has 4 nitrogen and oxygen atoms in total. The van der Waals surface area contributed by atoms with Crippen molar-refractivity contribution < 1.29 is 9.50 Å². The van der Waals surface area contributed by atoms with Gasteiger partial charge in [0.2, 0.25) is 0 Å². The van der Waals surface area contributed by atoms with Gasteiger partial charge in [-0.1, -0.05) is 0 Å². The van der Waals surface area contributed by atoms with Gasteiger partial charge < -0.3 is 5.11 Å². The quantitative estimate of drug-likeness (QED) is 0.800. The Kier molecular flexibility index (Phi) is 2.38. The van der Waals surface area contributed by atoms with Crippen LogP contribution in [0, 0.1) is 5.82 Å². The maximum absolute atomic E-state index is 13.5. The molecule has 0 spiro atoms. The Morgan fingerprint density at radius 1 is 1.44 bits per heavy atom. The maximum atomic E-state index is 13.5. The van der Waals surface area contributed by atoms with Crippen molar-refractivity contribution in [2.24, 2.45) is 0 Å². The van der Waals surface area contributed by atoms with Crippen molar-refractivity contribution in [2.75, 3.05) is 0 Å². The number of phenols is 1. The van der Waals surface area contributed by atoms with Crippen molar-refractivity contribution in [3.8, 4) is 5.75 Å². The summed E-state index contributed by atoms with van der Waals surface area (Å²) in [6.45, 7) is 3.56. The number of rotatable bonds is 1. The molecule has 0 fully saturated rings. The normalized spacial score (nSPS) is 11.2. The molecule has 0 amide bonds. The highest BCUT2D eigenvalue weighted by Gasteiger charge is 2.13. The third-order valence-electron chi connectivity index (χ3n) is 2.39. The van der Waals surface area contributed by atoms with Gasteiger partial charge in [0.15, 0.2) is 0 Å². The molecule has 0 saturated carbocycles. The molecule has 2 rings (SSSR count). The first kappa shape index (κ1) is 10.6. The fraction of sp³-hybridized carbons (Fsp3) is 0.273. The van der Waals surface area contributed by atoms with E-state index in [9.17, 15) is 14.3 Å². The highest BCUT2D eigenvalue weighted by atomic mass is 19.1. The first-order valence-electron chi connectivity index (χ1n) is 4.91. The molecular formula is C11H11FN2O2. The third kappa shape index (κ3) is 1.44. The summed E-state index contributed by atoms with van der Waals surface area (Å²) in [4.78, 5) is 11.9. The van der Waals surface area contributed by atoms with Gasteiger partial charge in [0.05, 0.1) is 23.0 Å². The van der Waals surface area contributed by atoms with Crippen LogP contribution in [0.25, 0.3) is 10.8 Å². The van der Waals surface area contributed by atoms with Crippen molar-refractivity contribution >= 4 is 10.8 Å². The van der Waals surface area contributed by atoms with Crippen LogP contribution >= 0.6 is 0 Å². The number of hydrogen-bond acceptors (Lipinski definition) is 3. The zero-order chi connectivity index (χ0) is 11.9. The molecule has 1 heterocycles. The predicted molar refractivity (Wildman–Crippen MR) is 58.0 cm³/mol. The van der Waals surface area contributed by atoms with E-state index < -0.39 is 11.4 Å². The summed E-state index contributed by atoms with van der Waals surface area (Å²) in [5, 5.41) is 13.4. The molecule has 0 unspecified atom stereocenters. The number of aromatic nitrogens is 2. The van der Waals surface area contributed by atoms with Gasteiger partial charge >= 0.3 is 0 Å². The van der Waals surface area contributed by atoms with E-state index in [0.29, 0.717) is 0 Å². The Morgan fingerprint density at radius 3 is 2.75 bits per heavy atom. The molecule has 84 valence electrons. The molecule has 0 aliphatic heterocycles. The number of phenolic OH excluding ortho intramolecular Hbond substituents is 1. The molecule has 0 aliphatic rings. The van der Waals surface area contributed by atoms with Crippen molar-refractivity contribution in [2.45, 2.75) is 19.9 Å². The number of aromatic hydroxyl groups is 1. The smallest absolute Gasteiger partial charge is 0.277 e. The van der Waals surface area contributed by atoms with Crippen LogP contribution in [0.1, 0.15) is 19.9 Å². The molecule has 0 aliphatic carbocycles. The van der Waals surface area contributed by atoms with Crippen LogP contribution in [0.4, 0.5) is 4.39 Å². The molecule has 2 aromatic rings. The minimum absolute atomic E-state index is 0.122. The molecular weight excluding hydrogens is 211 g/mol. The Bertz CT molecular complexity index is 605. The van der Waals surface area contributed by atoms with E-state index >= 15 is 0 Å². The van der Waals surface area contributed by atoms with Crippen LogP contribution in [0.15, 0.2) is 23.1 Å². The zero-order valence-corrected chi connectivity index (χ0v) is 8.94. The lowest BCUT2D eigenvalue weighted by Crippen LogP contribution is -2.25. The summed E-state index contributed by atoms with van der Waals surface area (Å²) < 4.78 is 14.7. The van der Waals surface area contributed by atoms with Crippen LogP contribution < -0.4 is 5.56 Å². The summed E-state index contributed by atoms with van der Waals surface area (Å²) in [5.41, 5.74) is -0.527.